The number of nitrogens with one attached hydrogen (secondary N) is 2. The monoisotopic (exact) mass is 288 g/mol. The molecule has 0 saturated heterocycles. The van der Waals surface area contributed by atoms with E-state index < -0.39 is 5.97 Å². The lowest BCUT2D eigenvalue weighted by molar-refractivity contribution is -0.141. The van der Waals surface area contributed by atoms with Crippen LogP contribution < -0.4 is 10.6 Å². The average molecular weight is 288 g/mol. The number of carboxylic acids is 1. The highest BCUT2D eigenvalue weighted by atomic mass is 16.4. The molecular formula is C16H20N2O3. The van der Waals surface area contributed by atoms with E-state index >= 15 is 0 Å². The van der Waals surface area contributed by atoms with Crippen LogP contribution in [-0.2, 0) is 11.2 Å². The molecule has 0 unspecified atom stereocenters. The third-order valence-corrected chi connectivity index (χ3v) is 4.46. The maximum absolute atomic E-state index is 12.5. The molecule has 3 N–H and O–H groups in total. The SMILES string of the molecule is O=C(N[C@H]1CC[C@@H](C(=O)O)C1)c1cccc2c1CCCN2. The van der Waals surface area contributed by atoms with Crippen molar-refractivity contribution in [3.05, 3.63) is 29.3 Å². The summed E-state index contributed by atoms with van der Waals surface area (Å²) < 4.78 is 0. The van der Waals surface area contributed by atoms with Crippen LogP contribution in [0.15, 0.2) is 18.2 Å². The summed E-state index contributed by atoms with van der Waals surface area (Å²) in [6, 6.07) is 5.72. The summed E-state index contributed by atoms with van der Waals surface area (Å²) in [5.41, 5.74) is 2.84. The third-order valence-electron chi connectivity index (χ3n) is 4.46. The van der Waals surface area contributed by atoms with E-state index in [1.54, 1.807) is 0 Å². The van der Waals surface area contributed by atoms with Gasteiger partial charge < -0.3 is 15.7 Å². The van der Waals surface area contributed by atoms with Crippen LogP contribution in [0.3, 0.4) is 0 Å². The summed E-state index contributed by atoms with van der Waals surface area (Å²) in [7, 11) is 0. The van der Waals surface area contributed by atoms with Gasteiger partial charge in [0.15, 0.2) is 0 Å². The minimum atomic E-state index is -0.756. The van der Waals surface area contributed by atoms with E-state index in [1.165, 1.54) is 0 Å². The molecule has 0 bridgehead atoms. The Balaban J connectivity index is 1.70. The molecule has 1 aliphatic carbocycles. The standard InChI is InChI=1S/C16H20N2O3/c19-15(18-11-7-6-10(9-11)16(20)21)13-3-1-5-14-12(13)4-2-8-17-14/h1,3,5,10-11,17H,2,4,6-9H2,(H,18,19)(H,20,21)/t10-,11+/m1/s1. The molecule has 1 aromatic carbocycles. The van der Waals surface area contributed by atoms with Crippen molar-refractivity contribution in [1.82, 2.24) is 5.32 Å². The fraction of sp³-hybridized carbons (Fsp3) is 0.500. The summed E-state index contributed by atoms with van der Waals surface area (Å²) in [6.45, 7) is 0.945. The van der Waals surface area contributed by atoms with E-state index in [4.69, 9.17) is 5.11 Å². The van der Waals surface area contributed by atoms with Crippen molar-refractivity contribution in [1.29, 1.82) is 0 Å². The molecular weight excluding hydrogens is 268 g/mol. The zero-order chi connectivity index (χ0) is 14.8. The van der Waals surface area contributed by atoms with Gasteiger partial charge in [0.25, 0.3) is 5.91 Å². The summed E-state index contributed by atoms with van der Waals surface area (Å²) in [5.74, 6) is -1.15. The first-order chi connectivity index (χ1) is 10.1. The first-order valence-corrected chi connectivity index (χ1v) is 7.54. The second kappa shape index (κ2) is 5.76. The van der Waals surface area contributed by atoms with E-state index in [-0.39, 0.29) is 17.9 Å². The Labute approximate surface area is 123 Å². The van der Waals surface area contributed by atoms with E-state index in [0.29, 0.717) is 12.8 Å². The quantitative estimate of drug-likeness (QED) is 0.795. The Bertz CT molecular complexity index is 571. The van der Waals surface area contributed by atoms with Crippen LogP contribution in [-0.4, -0.2) is 29.6 Å². The molecule has 3 rings (SSSR count). The van der Waals surface area contributed by atoms with Crippen LogP contribution in [0.25, 0.3) is 0 Å². The molecule has 1 aliphatic heterocycles. The highest BCUT2D eigenvalue weighted by Gasteiger charge is 2.31. The summed E-state index contributed by atoms with van der Waals surface area (Å²) in [5, 5.41) is 15.3. The lowest BCUT2D eigenvalue weighted by atomic mass is 9.97. The summed E-state index contributed by atoms with van der Waals surface area (Å²) >= 11 is 0. The third kappa shape index (κ3) is 2.86. The molecule has 5 nitrogen and oxygen atoms in total. The molecule has 1 saturated carbocycles. The Morgan fingerprint density at radius 3 is 2.90 bits per heavy atom. The predicted molar refractivity (Wildman–Crippen MR) is 79.5 cm³/mol. The fourth-order valence-corrected chi connectivity index (χ4v) is 3.32. The number of amides is 1. The van der Waals surface area contributed by atoms with Crippen LogP contribution in [0, 0.1) is 5.92 Å². The van der Waals surface area contributed by atoms with Gasteiger partial charge in [-0.3, -0.25) is 9.59 Å². The number of hydrogen-bond donors (Lipinski definition) is 3. The molecule has 1 fully saturated rings. The number of carboxylic acid groups (broad SMARTS) is 1. The summed E-state index contributed by atoms with van der Waals surface area (Å²) in [4.78, 5) is 23.4. The predicted octanol–water partition coefficient (Wildman–Crippen LogP) is 2.03. The van der Waals surface area contributed by atoms with Crippen molar-refractivity contribution in [2.24, 2.45) is 5.92 Å². The first kappa shape index (κ1) is 13.9. The molecule has 21 heavy (non-hydrogen) atoms. The van der Waals surface area contributed by atoms with Crippen LogP contribution in [0.2, 0.25) is 0 Å². The maximum atomic E-state index is 12.5. The van der Waals surface area contributed by atoms with Gasteiger partial charge in [0.05, 0.1) is 5.92 Å². The highest BCUT2D eigenvalue weighted by molar-refractivity contribution is 5.97. The molecule has 0 spiro atoms. The summed E-state index contributed by atoms with van der Waals surface area (Å²) in [6.07, 6.45) is 3.87. The number of fused-ring (bicyclic) bond motifs is 1. The molecule has 1 aromatic rings. The largest absolute Gasteiger partial charge is 0.481 e. The molecule has 2 atom stereocenters. The number of rotatable bonds is 3. The lowest BCUT2D eigenvalue weighted by Gasteiger charge is -2.21. The Morgan fingerprint density at radius 1 is 1.29 bits per heavy atom. The Morgan fingerprint density at radius 2 is 2.14 bits per heavy atom. The van der Waals surface area contributed by atoms with Gasteiger partial charge in [-0.15, -0.1) is 0 Å². The van der Waals surface area contributed by atoms with Gasteiger partial charge in [0, 0.05) is 23.8 Å². The topological polar surface area (TPSA) is 78.4 Å². The zero-order valence-corrected chi connectivity index (χ0v) is 11.9. The normalized spacial score (nSPS) is 24.0. The van der Waals surface area contributed by atoms with Gasteiger partial charge in [-0.1, -0.05) is 6.07 Å². The number of aliphatic carboxylic acids is 1. The van der Waals surface area contributed by atoms with Gasteiger partial charge in [0.2, 0.25) is 0 Å². The molecule has 2 aliphatic rings. The Hall–Kier alpha value is -2.04. The molecule has 1 heterocycles. The zero-order valence-electron chi connectivity index (χ0n) is 11.9. The van der Waals surface area contributed by atoms with Gasteiger partial charge in [0.1, 0.15) is 0 Å². The van der Waals surface area contributed by atoms with Crippen molar-refractivity contribution >= 4 is 17.6 Å². The fourth-order valence-electron chi connectivity index (χ4n) is 3.32. The number of hydrogen-bond acceptors (Lipinski definition) is 3. The molecule has 112 valence electrons. The van der Waals surface area contributed by atoms with Crippen molar-refractivity contribution in [2.75, 3.05) is 11.9 Å². The van der Waals surface area contributed by atoms with Crippen LogP contribution >= 0.6 is 0 Å². The smallest absolute Gasteiger partial charge is 0.306 e. The van der Waals surface area contributed by atoms with Crippen molar-refractivity contribution in [3.8, 4) is 0 Å². The second-order valence-corrected chi connectivity index (χ2v) is 5.88. The van der Waals surface area contributed by atoms with E-state index in [0.717, 1.165) is 42.6 Å². The average Bonchev–Trinajstić information content (AvgIpc) is 2.95. The van der Waals surface area contributed by atoms with E-state index in [1.807, 2.05) is 18.2 Å². The van der Waals surface area contributed by atoms with Gasteiger partial charge in [-0.2, -0.15) is 0 Å². The minimum absolute atomic E-state index is 0.0222. The molecule has 0 aromatic heterocycles. The number of carbonyl (C=O) groups is 2. The van der Waals surface area contributed by atoms with Gasteiger partial charge >= 0.3 is 5.97 Å². The van der Waals surface area contributed by atoms with Crippen LogP contribution in [0.4, 0.5) is 5.69 Å². The van der Waals surface area contributed by atoms with Gasteiger partial charge in [-0.25, -0.2) is 0 Å². The van der Waals surface area contributed by atoms with Crippen LogP contribution in [0.1, 0.15) is 41.6 Å². The maximum Gasteiger partial charge on any atom is 0.306 e. The van der Waals surface area contributed by atoms with Crippen molar-refractivity contribution in [2.45, 2.75) is 38.1 Å². The molecule has 5 heteroatoms. The second-order valence-electron chi connectivity index (χ2n) is 5.88. The molecule has 0 radical (unpaired) electrons. The number of carbonyl (C=O) groups excluding carboxylic acids is 1. The lowest BCUT2D eigenvalue weighted by Crippen LogP contribution is -2.34. The van der Waals surface area contributed by atoms with Crippen molar-refractivity contribution in [3.63, 3.8) is 0 Å². The Kier molecular flexibility index (Phi) is 3.82. The number of anilines is 1. The van der Waals surface area contributed by atoms with Crippen molar-refractivity contribution < 1.29 is 14.7 Å². The highest BCUT2D eigenvalue weighted by Crippen LogP contribution is 2.28. The minimum Gasteiger partial charge on any atom is -0.481 e. The number of benzene rings is 1. The van der Waals surface area contributed by atoms with E-state index in [2.05, 4.69) is 10.6 Å². The van der Waals surface area contributed by atoms with Gasteiger partial charge in [-0.05, 0) is 49.8 Å². The first-order valence-electron chi connectivity index (χ1n) is 7.54. The molecule has 1 amide bonds. The van der Waals surface area contributed by atoms with E-state index in [9.17, 15) is 9.59 Å². The van der Waals surface area contributed by atoms with Crippen LogP contribution in [0.5, 0.6) is 0 Å².